The number of aliphatic hydroxyl groups is 1. The quantitative estimate of drug-likeness (QED) is 0.766. The van der Waals surface area contributed by atoms with Crippen LogP contribution >= 0.6 is 0 Å². The van der Waals surface area contributed by atoms with Crippen molar-refractivity contribution in [3.8, 4) is 5.69 Å². The molecule has 1 aliphatic rings. The van der Waals surface area contributed by atoms with E-state index in [9.17, 15) is 5.11 Å². The average molecular weight is 304 g/mol. The van der Waals surface area contributed by atoms with Crippen molar-refractivity contribution in [3.63, 3.8) is 0 Å². The first-order chi connectivity index (χ1) is 11.3. The van der Waals surface area contributed by atoms with E-state index < -0.39 is 0 Å². The highest BCUT2D eigenvalue weighted by Crippen LogP contribution is 2.44. The Labute approximate surface area is 136 Å². The Bertz CT molecular complexity index is 809. The molecule has 0 aliphatic carbocycles. The second kappa shape index (κ2) is 5.60. The van der Waals surface area contributed by atoms with Crippen molar-refractivity contribution in [1.82, 2.24) is 4.57 Å². The van der Waals surface area contributed by atoms with Gasteiger partial charge in [0, 0.05) is 12.8 Å². The number of aliphatic hydroxyl groups excluding tert-OH is 1. The van der Waals surface area contributed by atoms with Crippen LogP contribution in [-0.2, 0) is 5.54 Å². The number of anilines is 1. The minimum absolute atomic E-state index is 0.193. The van der Waals surface area contributed by atoms with Gasteiger partial charge in [-0.25, -0.2) is 0 Å². The molecule has 0 spiro atoms. The lowest BCUT2D eigenvalue weighted by atomic mass is 9.80. The zero-order chi connectivity index (χ0) is 15.7. The molecule has 1 aliphatic heterocycles. The largest absolute Gasteiger partial charge is 0.396 e. The van der Waals surface area contributed by atoms with E-state index in [4.69, 9.17) is 0 Å². The Kier molecular flexibility index (Phi) is 3.43. The smallest absolute Gasteiger partial charge is 0.104 e. The van der Waals surface area contributed by atoms with E-state index in [1.807, 2.05) is 6.07 Å². The lowest BCUT2D eigenvalue weighted by Gasteiger charge is -2.41. The van der Waals surface area contributed by atoms with Gasteiger partial charge < -0.3 is 15.0 Å². The molecule has 0 fully saturated rings. The van der Waals surface area contributed by atoms with E-state index in [1.165, 1.54) is 16.9 Å². The first kappa shape index (κ1) is 14.1. The lowest BCUT2D eigenvalue weighted by Crippen LogP contribution is -2.41. The summed E-state index contributed by atoms with van der Waals surface area (Å²) in [7, 11) is 0. The van der Waals surface area contributed by atoms with Crippen LogP contribution in [0.1, 0.15) is 24.1 Å². The molecular weight excluding hydrogens is 284 g/mol. The summed E-state index contributed by atoms with van der Waals surface area (Å²) in [5, 5.41) is 13.2. The van der Waals surface area contributed by atoms with Crippen molar-refractivity contribution in [2.24, 2.45) is 0 Å². The number of aromatic nitrogens is 1. The van der Waals surface area contributed by atoms with Gasteiger partial charge in [-0.15, -0.1) is 0 Å². The standard InChI is InChI=1S/C20H20N2O/c23-15-7-13-20(16-8-2-1-3-9-16)19-12-6-14-22(19)18-11-5-4-10-17(18)21-20/h1-6,8-12,14,21,23H,7,13,15H2/t20-/m0/s1. The highest BCUT2D eigenvalue weighted by atomic mass is 16.2. The number of hydrogen-bond acceptors (Lipinski definition) is 2. The van der Waals surface area contributed by atoms with Crippen LogP contribution in [0.2, 0.25) is 0 Å². The molecule has 0 saturated heterocycles. The number of benzene rings is 2. The van der Waals surface area contributed by atoms with Crippen LogP contribution in [0.4, 0.5) is 5.69 Å². The van der Waals surface area contributed by atoms with Crippen LogP contribution in [0.3, 0.4) is 0 Å². The minimum Gasteiger partial charge on any atom is -0.396 e. The average Bonchev–Trinajstić information content (AvgIpc) is 3.11. The van der Waals surface area contributed by atoms with Gasteiger partial charge in [-0.05, 0) is 42.7 Å². The number of hydrogen-bond donors (Lipinski definition) is 2. The monoisotopic (exact) mass is 304 g/mol. The summed E-state index contributed by atoms with van der Waals surface area (Å²) in [6, 6.07) is 23.2. The molecule has 0 unspecified atom stereocenters. The molecule has 2 aromatic carbocycles. The van der Waals surface area contributed by atoms with Crippen LogP contribution in [0.5, 0.6) is 0 Å². The number of nitrogens with zero attached hydrogens (tertiary/aromatic N) is 1. The fourth-order valence-electron chi connectivity index (χ4n) is 3.64. The van der Waals surface area contributed by atoms with E-state index in [0.29, 0.717) is 0 Å². The summed E-state index contributed by atoms with van der Waals surface area (Å²) in [5.74, 6) is 0. The predicted molar refractivity (Wildman–Crippen MR) is 92.9 cm³/mol. The molecule has 4 rings (SSSR count). The van der Waals surface area contributed by atoms with Crippen molar-refractivity contribution in [3.05, 3.63) is 84.2 Å². The summed E-state index contributed by atoms with van der Waals surface area (Å²) in [5.41, 5.74) is 4.42. The third-order valence-corrected chi connectivity index (χ3v) is 4.67. The zero-order valence-corrected chi connectivity index (χ0v) is 12.9. The van der Waals surface area contributed by atoms with Gasteiger partial charge in [-0.2, -0.15) is 0 Å². The fourth-order valence-corrected chi connectivity index (χ4v) is 3.64. The van der Waals surface area contributed by atoms with Crippen molar-refractivity contribution < 1.29 is 5.11 Å². The molecule has 0 saturated carbocycles. The molecule has 3 heteroatoms. The highest BCUT2D eigenvalue weighted by Gasteiger charge is 2.39. The molecule has 0 amide bonds. The van der Waals surface area contributed by atoms with Gasteiger partial charge in [0.15, 0.2) is 0 Å². The molecule has 23 heavy (non-hydrogen) atoms. The van der Waals surface area contributed by atoms with Crippen molar-refractivity contribution in [2.75, 3.05) is 11.9 Å². The van der Waals surface area contributed by atoms with Crippen LogP contribution in [-0.4, -0.2) is 16.3 Å². The van der Waals surface area contributed by atoms with Crippen LogP contribution in [0.15, 0.2) is 72.9 Å². The van der Waals surface area contributed by atoms with Gasteiger partial charge in [0.1, 0.15) is 5.54 Å². The first-order valence-corrected chi connectivity index (χ1v) is 8.07. The molecule has 2 heterocycles. The zero-order valence-electron chi connectivity index (χ0n) is 12.9. The fraction of sp³-hybridized carbons (Fsp3) is 0.200. The Morgan fingerprint density at radius 2 is 1.70 bits per heavy atom. The van der Waals surface area contributed by atoms with Crippen LogP contribution in [0, 0.1) is 0 Å². The molecule has 3 nitrogen and oxygen atoms in total. The summed E-state index contributed by atoms with van der Waals surface area (Å²) in [6.07, 6.45) is 3.70. The lowest BCUT2D eigenvalue weighted by molar-refractivity contribution is 0.272. The second-order valence-electron chi connectivity index (χ2n) is 6.00. The molecule has 1 aromatic heterocycles. The maximum atomic E-state index is 9.42. The number of nitrogens with one attached hydrogen (secondary N) is 1. The van der Waals surface area contributed by atoms with Crippen LogP contribution < -0.4 is 5.32 Å². The Morgan fingerprint density at radius 3 is 2.52 bits per heavy atom. The maximum absolute atomic E-state index is 9.42. The summed E-state index contributed by atoms with van der Waals surface area (Å²) >= 11 is 0. The van der Waals surface area contributed by atoms with E-state index in [0.717, 1.165) is 18.5 Å². The van der Waals surface area contributed by atoms with Crippen molar-refractivity contribution in [2.45, 2.75) is 18.4 Å². The third kappa shape index (κ3) is 2.16. The van der Waals surface area contributed by atoms with Crippen LogP contribution in [0.25, 0.3) is 5.69 Å². The van der Waals surface area contributed by atoms with Gasteiger partial charge >= 0.3 is 0 Å². The topological polar surface area (TPSA) is 37.2 Å². The molecule has 1 atom stereocenters. The first-order valence-electron chi connectivity index (χ1n) is 8.07. The van der Waals surface area contributed by atoms with E-state index in [2.05, 4.69) is 76.7 Å². The van der Waals surface area contributed by atoms with E-state index in [1.54, 1.807) is 0 Å². The molecule has 0 radical (unpaired) electrons. The molecule has 116 valence electrons. The number of rotatable bonds is 4. The Hall–Kier alpha value is -2.52. The molecule has 3 aromatic rings. The van der Waals surface area contributed by atoms with E-state index in [-0.39, 0.29) is 12.1 Å². The Morgan fingerprint density at radius 1 is 0.913 bits per heavy atom. The highest BCUT2D eigenvalue weighted by molar-refractivity contribution is 5.69. The second-order valence-corrected chi connectivity index (χ2v) is 6.00. The predicted octanol–water partition coefficient (Wildman–Crippen LogP) is 3.92. The number of para-hydroxylation sites is 2. The van der Waals surface area contributed by atoms with Crippen molar-refractivity contribution in [1.29, 1.82) is 0 Å². The number of fused-ring (bicyclic) bond motifs is 3. The molecule has 0 bridgehead atoms. The third-order valence-electron chi connectivity index (χ3n) is 4.67. The Balaban J connectivity index is 1.94. The van der Waals surface area contributed by atoms with Gasteiger partial charge in [0.25, 0.3) is 0 Å². The maximum Gasteiger partial charge on any atom is 0.104 e. The minimum atomic E-state index is -0.318. The van der Waals surface area contributed by atoms with Crippen molar-refractivity contribution >= 4 is 5.69 Å². The summed E-state index contributed by atoms with van der Waals surface area (Å²) in [6.45, 7) is 0.193. The summed E-state index contributed by atoms with van der Waals surface area (Å²) < 4.78 is 2.26. The normalized spacial score (nSPS) is 18.8. The summed E-state index contributed by atoms with van der Waals surface area (Å²) in [4.78, 5) is 0. The van der Waals surface area contributed by atoms with E-state index >= 15 is 0 Å². The van der Waals surface area contributed by atoms with Gasteiger partial charge in [-0.1, -0.05) is 42.5 Å². The molecular formula is C20H20N2O. The van der Waals surface area contributed by atoms with Gasteiger partial charge in [0.05, 0.1) is 17.1 Å². The molecule has 2 N–H and O–H groups in total. The van der Waals surface area contributed by atoms with Gasteiger partial charge in [-0.3, -0.25) is 0 Å². The van der Waals surface area contributed by atoms with Gasteiger partial charge in [0.2, 0.25) is 0 Å². The SMILES string of the molecule is OCCC[C@@]1(c2ccccc2)Nc2ccccc2-n2cccc21.